The van der Waals surface area contributed by atoms with Crippen molar-refractivity contribution in [1.82, 2.24) is 9.88 Å². The lowest BCUT2D eigenvalue weighted by Gasteiger charge is -2.27. The molecule has 9 heteroatoms. The first-order valence-corrected chi connectivity index (χ1v) is 12.1. The van der Waals surface area contributed by atoms with Crippen molar-refractivity contribution < 1.29 is 14.2 Å². The van der Waals surface area contributed by atoms with Gasteiger partial charge in [0, 0.05) is 18.8 Å². The fraction of sp³-hybridized carbons (Fsp3) is 0.250. The zero-order chi connectivity index (χ0) is 26.6. The molecule has 2 atom stereocenters. The van der Waals surface area contributed by atoms with Crippen LogP contribution in [0.5, 0.6) is 0 Å². The first kappa shape index (κ1) is 25.7. The quantitative estimate of drug-likeness (QED) is 0.348. The van der Waals surface area contributed by atoms with Crippen molar-refractivity contribution >= 4 is 29.7 Å². The molecule has 0 radical (unpaired) electrons. The van der Waals surface area contributed by atoms with Gasteiger partial charge in [0.15, 0.2) is 0 Å². The summed E-state index contributed by atoms with van der Waals surface area (Å²) in [5.74, 6) is 12.5. The van der Waals surface area contributed by atoms with E-state index in [-0.39, 0.29) is 22.4 Å². The van der Waals surface area contributed by atoms with E-state index in [1.165, 1.54) is 4.90 Å². The number of likely N-dealkylation sites (N-methyl/N-ethyl adjacent to an activating group) is 1. The largest absolute Gasteiger partial charge is 0.326 e. The number of hydrogen-bond donors (Lipinski definition) is 2. The molecule has 2 unspecified atom stereocenters. The molecule has 0 spiro atoms. The molecule has 188 valence electrons. The van der Waals surface area contributed by atoms with Crippen molar-refractivity contribution in [2.45, 2.75) is 39.7 Å². The molecular formula is C28H30N7O2+. The summed E-state index contributed by atoms with van der Waals surface area (Å²) in [5.41, 5.74) is 3.63. The molecule has 9 nitrogen and oxygen atoms in total. The number of aromatic nitrogens is 1. The Balaban J connectivity index is 1.59. The van der Waals surface area contributed by atoms with Crippen LogP contribution in [0.25, 0.3) is 0 Å². The van der Waals surface area contributed by atoms with Gasteiger partial charge in [-0.05, 0) is 68.2 Å². The first-order chi connectivity index (χ1) is 17.8. The number of aliphatic imine (C=N–C) groups is 2. The van der Waals surface area contributed by atoms with E-state index in [2.05, 4.69) is 34.1 Å². The number of fused-ring (bicyclic) bond motifs is 1. The number of nitrogens with one attached hydrogen (secondary N) is 1. The van der Waals surface area contributed by atoms with E-state index in [4.69, 9.17) is 10.8 Å². The van der Waals surface area contributed by atoms with E-state index in [0.717, 1.165) is 24.0 Å². The molecule has 1 aromatic heterocycles. The van der Waals surface area contributed by atoms with Gasteiger partial charge in [0.2, 0.25) is 5.70 Å². The summed E-state index contributed by atoms with van der Waals surface area (Å²) in [4.78, 5) is 40.1. The van der Waals surface area contributed by atoms with Crippen molar-refractivity contribution in [1.29, 1.82) is 0 Å². The van der Waals surface area contributed by atoms with E-state index >= 15 is 0 Å². The molecular weight excluding hydrogens is 466 g/mol. The highest BCUT2D eigenvalue weighted by Crippen LogP contribution is 2.33. The number of benzene rings is 1. The maximum absolute atomic E-state index is 12.8. The second-order valence-corrected chi connectivity index (χ2v) is 8.86. The van der Waals surface area contributed by atoms with Crippen molar-refractivity contribution in [3.8, 4) is 11.8 Å². The molecule has 0 aliphatic carbocycles. The summed E-state index contributed by atoms with van der Waals surface area (Å²) in [6, 6.07) is 10.5. The Morgan fingerprint density at radius 1 is 1.22 bits per heavy atom. The maximum atomic E-state index is 12.8. The van der Waals surface area contributed by atoms with Gasteiger partial charge < -0.3 is 10.2 Å². The van der Waals surface area contributed by atoms with E-state index in [1.54, 1.807) is 50.9 Å². The van der Waals surface area contributed by atoms with Gasteiger partial charge in [-0.3, -0.25) is 14.6 Å². The van der Waals surface area contributed by atoms with Gasteiger partial charge in [0.1, 0.15) is 17.7 Å². The van der Waals surface area contributed by atoms with Gasteiger partial charge >= 0.3 is 0 Å². The van der Waals surface area contributed by atoms with Crippen LogP contribution in [-0.2, 0) is 11.2 Å². The molecule has 1 aromatic carbocycles. The number of rotatable bonds is 7. The Bertz CT molecular complexity index is 1410. The minimum absolute atomic E-state index is 0.190. The van der Waals surface area contributed by atoms with E-state index in [9.17, 15) is 9.59 Å². The molecule has 2 amide bonds. The fourth-order valence-corrected chi connectivity index (χ4v) is 4.21. The Morgan fingerprint density at radius 2 is 1.97 bits per heavy atom. The maximum Gasteiger partial charge on any atom is 0.298 e. The van der Waals surface area contributed by atoms with Crippen LogP contribution in [0.1, 0.15) is 48.7 Å². The number of quaternary nitrogens is 1. The minimum atomic E-state index is -0.388. The Kier molecular flexibility index (Phi) is 7.43. The molecule has 2 aliphatic rings. The third-order valence-electron chi connectivity index (χ3n) is 6.36. The van der Waals surface area contributed by atoms with Crippen LogP contribution in [-0.4, -0.2) is 51.4 Å². The van der Waals surface area contributed by atoms with Gasteiger partial charge in [-0.15, -0.1) is 4.59 Å². The fourth-order valence-electron chi connectivity index (χ4n) is 4.21. The van der Waals surface area contributed by atoms with Crippen LogP contribution in [0.4, 0.5) is 5.82 Å². The van der Waals surface area contributed by atoms with Gasteiger partial charge in [-0.1, -0.05) is 19.3 Å². The van der Waals surface area contributed by atoms with Crippen LogP contribution in [0, 0.1) is 11.8 Å². The van der Waals surface area contributed by atoms with Gasteiger partial charge in [-0.2, -0.15) is 10.8 Å². The van der Waals surface area contributed by atoms with Crippen LogP contribution in [0.3, 0.4) is 0 Å². The number of carbonyl (C=O) groups is 2. The van der Waals surface area contributed by atoms with Crippen LogP contribution in [0.2, 0.25) is 0 Å². The number of carbonyl (C=O) groups excluding carboxylic acids is 2. The summed E-state index contributed by atoms with van der Waals surface area (Å²) in [7, 11) is 1.68. The van der Waals surface area contributed by atoms with Gasteiger partial charge in [-0.25, -0.2) is 4.98 Å². The lowest BCUT2D eigenvalue weighted by atomic mass is 10.1. The standard InChI is InChI=1S/C28H29N7O2/c1-5-7-20-13-14-31-24(17-20)32-28(37)22-11-9-21(10-12-22)27-33-26(19(3)34(4)25(36)8-6-2)23-18-30-15-16-35(23,27)29/h9-19H,5,7,29H2,1-4H3/p+1. The SMILES string of the molecule is CC#CC(=O)N(C)C(C)C1=C2C=NC=C[N+]2(N)C(c2ccc(C(=O)Nc3cc(CCC)ccn3)cc2)=N1. The van der Waals surface area contributed by atoms with Crippen molar-refractivity contribution in [3.05, 3.63) is 83.1 Å². The number of hydrogen-bond acceptors (Lipinski definition) is 6. The molecule has 0 bridgehead atoms. The molecule has 0 saturated carbocycles. The zero-order valence-corrected chi connectivity index (χ0v) is 21.4. The van der Waals surface area contributed by atoms with E-state index in [0.29, 0.717) is 28.6 Å². The second kappa shape index (κ2) is 10.7. The summed E-state index contributed by atoms with van der Waals surface area (Å²) >= 11 is 0. The van der Waals surface area contributed by atoms with E-state index in [1.807, 2.05) is 31.2 Å². The predicted octanol–water partition coefficient (Wildman–Crippen LogP) is 3.37. The van der Waals surface area contributed by atoms with Crippen LogP contribution < -0.4 is 11.2 Å². The average Bonchev–Trinajstić information content (AvgIpc) is 3.21. The highest BCUT2D eigenvalue weighted by molar-refractivity contribution is 6.05. The van der Waals surface area contributed by atoms with Gasteiger partial charge in [0.25, 0.3) is 17.6 Å². The third kappa shape index (κ3) is 5.11. The number of allylic oxidation sites excluding steroid dienone is 1. The number of pyridine rings is 1. The molecule has 2 aliphatic heterocycles. The summed E-state index contributed by atoms with van der Waals surface area (Å²) < 4.78 is -0.190. The molecule has 37 heavy (non-hydrogen) atoms. The Morgan fingerprint density at radius 3 is 2.68 bits per heavy atom. The number of amides is 2. The number of amidine groups is 1. The molecule has 0 fully saturated rings. The molecule has 4 rings (SSSR count). The monoisotopic (exact) mass is 496 g/mol. The zero-order valence-electron chi connectivity index (χ0n) is 21.4. The first-order valence-electron chi connectivity index (χ1n) is 12.1. The third-order valence-corrected chi connectivity index (χ3v) is 6.36. The average molecular weight is 497 g/mol. The topological polar surface area (TPSA) is 113 Å². The minimum Gasteiger partial charge on any atom is -0.326 e. The number of aryl methyl sites for hydroxylation is 1. The Hall–Kier alpha value is -4.39. The van der Waals surface area contributed by atoms with Gasteiger partial charge in [0.05, 0.1) is 24.0 Å². The van der Waals surface area contributed by atoms with Crippen molar-refractivity contribution in [3.63, 3.8) is 0 Å². The molecule has 3 heterocycles. The summed E-state index contributed by atoms with van der Waals surface area (Å²) in [5, 5.41) is 2.86. The lowest BCUT2D eigenvalue weighted by molar-refractivity contribution is -0.750. The van der Waals surface area contributed by atoms with E-state index < -0.39 is 0 Å². The normalized spacial score (nSPS) is 18.5. The number of anilines is 1. The molecule has 0 saturated heterocycles. The highest BCUT2D eigenvalue weighted by Gasteiger charge is 2.46. The second-order valence-electron chi connectivity index (χ2n) is 8.86. The van der Waals surface area contributed by atoms with Crippen LogP contribution >= 0.6 is 0 Å². The highest BCUT2D eigenvalue weighted by atomic mass is 16.2. The number of nitrogens with two attached hydrogens (primary N) is 1. The summed E-state index contributed by atoms with van der Waals surface area (Å²) in [6.45, 7) is 5.60. The van der Waals surface area contributed by atoms with Crippen molar-refractivity contribution in [2.24, 2.45) is 15.8 Å². The summed E-state index contributed by atoms with van der Waals surface area (Å²) in [6.07, 6.45) is 8.65. The number of nitrogens with zero attached hydrogens (tertiary/aromatic N) is 5. The Labute approximate surface area is 216 Å². The molecule has 3 N–H and O–H groups in total. The predicted molar refractivity (Wildman–Crippen MR) is 144 cm³/mol. The van der Waals surface area contributed by atoms with Crippen LogP contribution in [0.15, 0.2) is 76.4 Å². The van der Waals surface area contributed by atoms with Crippen molar-refractivity contribution in [2.75, 3.05) is 12.4 Å². The smallest absolute Gasteiger partial charge is 0.298 e. The lowest BCUT2D eigenvalue weighted by Crippen LogP contribution is -2.53. The molecule has 2 aromatic rings.